The number of hydrazine groups is 1. The van der Waals surface area contributed by atoms with Crippen molar-refractivity contribution >= 4 is 29.7 Å². The van der Waals surface area contributed by atoms with Gasteiger partial charge in [0.1, 0.15) is 0 Å². The quantitative estimate of drug-likeness (QED) is 0.699. The van der Waals surface area contributed by atoms with Crippen LogP contribution < -0.4 is 5.43 Å². The van der Waals surface area contributed by atoms with Crippen LogP contribution in [0.25, 0.3) is 0 Å². The lowest BCUT2D eigenvalue weighted by molar-refractivity contribution is 0.0635. The zero-order valence-electron chi connectivity index (χ0n) is 11.7. The second kappa shape index (κ2) is 6.87. The molecular formula is C16H13ClN2O3. The van der Waals surface area contributed by atoms with E-state index in [2.05, 4.69) is 5.43 Å². The summed E-state index contributed by atoms with van der Waals surface area (Å²) in [6.07, 6.45) is 0.599. The number of nitrogens with one attached hydrogen (secondary N) is 1. The second-order valence-electron chi connectivity index (χ2n) is 4.52. The predicted octanol–water partition coefficient (Wildman–Crippen LogP) is 2.57. The molecule has 112 valence electrons. The highest BCUT2D eigenvalue weighted by atomic mass is 35.5. The number of hydrogen-bond acceptors (Lipinski definition) is 3. The molecule has 2 amide bonds. The number of nitrogens with zero attached hydrogens (tertiary/aromatic N) is 1. The van der Waals surface area contributed by atoms with Crippen molar-refractivity contribution < 1.29 is 14.4 Å². The molecule has 0 aliphatic carbocycles. The van der Waals surface area contributed by atoms with Crippen LogP contribution in [0.15, 0.2) is 48.5 Å². The minimum Gasteiger partial charge on any atom is -0.298 e. The minimum atomic E-state index is -0.481. The minimum absolute atomic E-state index is 0.219. The van der Waals surface area contributed by atoms with Crippen molar-refractivity contribution in [3.63, 3.8) is 0 Å². The fourth-order valence-corrected chi connectivity index (χ4v) is 1.97. The van der Waals surface area contributed by atoms with Gasteiger partial charge < -0.3 is 0 Å². The van der Waals surface area contributed by atoms with Gasteiger partial charge in [0.2, 0.25) is 0 Å². The molecule has 1 N–H and O–H groups in total. The van der Waals surface area contributed by atoms with Gasteiger partial charge in [0.25, 0.3) is 11.8 Å². The van der Waals surface area contributed by atoms with Crippen molar-refractivity contribution in [3.8, 4) is 0 Å². The number of rotatable bonds is 3. The molecule has 0 saturated heterocycles. The monoisotopic (exact) mass is 316 g/mol. The first kappa shape index (κ1) is 15.7. The molecule has 0 unspecified atom stereocenters. The number of carbonyl (C=O) groups is 3. The van der Waals surface area contributed by atoms with Crippen LogP contribution in [0.5, 0.6) is 0 Å². The summed E-state index contributed by atoms with van der Waals surface area (Å²) in [4.78, 5) is 35.3. The third kappa shape index (κ3) is 3.51. The van der Waals surface area contributed by atoms with Crippen molar-refractivity contribution in [1.82, 2.24) is 10.4 Å². The largest absolute Gasteiger partial charge is 0.298 e. The summed E-state index contributed by atoms with van der Waals surface area (Å²) in [5.74, 6) is -0.930. The fourth-order valence-electron chi connectivity index (χ4n) is 1.84. The summed E-state index contributed by atoms with van der Waals surface area (Å²) >= 11 is 5.76. The number of carbonyl (C=O) groups excluding carboxylic acids is 3. The zero-order valence-corrected chi connectivity index (χ0v) is 12.5. The number of hydrogen-bond donors (Lipinski definition) is 1. The van der Waals surface area contributed by atoms with E-state index in [0.717, 1.165) is 5.01 Å². The Labute approximate surface area is 132 Å². The normalized spacial score (nSPS) is 9.91. The summed E-state index contributed by atoms with van der Waals surface area (Å²) in [5.41, 5.74) is 3.30. The average molecular weight is 317 g/mol. The summed E-state index contributed by atoms with van der Waals surface area (Å²) < 4.78 is 0. The number of benzene rings is 2. The van der Waals surface area contributed by atoms with Crippen LogP contribution in [0.3, 0.4) is 0 Å². The fraction of sp³-hybridized carbons (Fsp3) is 0.0625. The maximum atomic E-state index is 12.3. The highest BCUT2D eigenvalue weighted by Crippen LogP contribution is 2.11. The third-order valence-electron chi connectivity index (χ3n) is 3.00. The molecule has 0 bridgehead atoms. The molecule has 0 heterocycles. The van der Waals surface area contributed by atoms with E-state index in [0.29, 0.717) is 16.9 Å². The lowest BCUT2D eigenvalue weighted by Crippen LogP contribution is -2.43. The van der Waals surface area contributed by atoms with E-state index in [-0.39, 0.29) is 11.1 Å². The van der Waals surface area contributed by atoms with E-state index in [9.17, 15) is 14.4 Å². The van der Waals surface area contributed by atoms with E-state index in [4.69, 9.17) is 11.6 Å². The molecule has 22 heavy (non-hydrogen) atoms. The molecule has 2 aromatic carbocycles. The Kier molecular flexibility index (Phi) is 4.91. The van der Waals surface area contributed by atoms with Crippen LogP contribution in [0.2, 0.25) is 5.02 Å². The molecule has 6 heteroatoms. The first-order valence-corrected chi connectivity index (χ1v) is 6.79. The highest BCUT2D eigenvalue weighted by Gasteiger charge is 2.17. The Morgan fingerprint density at radius 1 is 1.09 bits per heavy atom. The Morgan fingerprint density at radius 3 is 2.36 bits per heavy atom. The summed E-state index contributed by atoms with van der Waals surface area (Å²) in [6.45, 7) is 0. The van der Waals surface area contributed by atoms with E-state index >= 15 is 0 Å². The lowest BCUT2D eigenvalue weighted by Gasteiger charge is -2.19. The highest BCUT2D eigenvalue weighted by molar-refractivity contribution is 6.30. The summed E-state index contributed by atoms with van der Waals surface area (Å²) in [7, 11) is 1.41. The Bertz CT molecular complexity index is 714. The maximum absolute atomic E-state index is 12.3. The molecule has 0 aromatic heterocycles. The Hall–Kier alpha value is -2.66. The predicted molar refractivity (Wildman–Crippen MR) is 82.8 cm³/mol. The van der Waals surface area contributed by atoms with E-state index in [1.165, 1.54) is 19.2 Å². The SMILES string of the molecule is CN(NC(=O)c1ccc(Cl)cc1)C(=O)c1ccccc1C=O. The van der Waals surface area contributed by atoms with Gasteiger partial charge in [0.15, 0.2) is 6.29 Å². The number of aldehydes is 1. The molecule has 2 aromatic rings. The van der Waals surface area contributed by atoms with Gasteiger partial charge in [-0.2, -0.15) is 0 Å². The summed E-state index contributed by atoms with van der Waals surface area (Å²) in [5, 5.41) is 1.56. The van der Waals surface area contributed by atoms with E-state index < -0.39 is 11.8 Å². The van der Waals surface area contributed by atoms with Crippen LogP contribution in [-0.4, -0.2) is 30.2 Å². The van der Waals surface area contributed by atoms with Crippen LogP contribution >= 0.6 is 11.6 Å². The summed E-state index contributed by atoms with van der Waals surface area (Å²) in [6, 6.07) is 12.6. The first-order chi connectivity index (χ1) is 10.5. The molecule has 0 saturated carbocycles. The smallest absolute Gasteiger partial charge is 0.272 e. The molecule has 2 rings (SSSR count). The molecule has 5 nitrogen and oxygen atoms in total. The standard InChI is InChI=1S/C16H13ClN2O3/c1-19(16(22)14-5-3-2-4-12(14)10-20)18-15(21)11-6-8-13(17)9-7-11/h2-10H,1H3,(H,18,21). The second-order valence-corrected chi connectivity index (χ2v) is 4.95. The third-order valence-corrected chi connectivity index (χ3v) is 3.25. The molecule has 0 spiro atoms. The van der Waals surface area contributed by atoms with E-state index in [1.54, 1.807) is 36.4 Å². The van der Waals surface area contributed by atoms with Crippen molar-refractivity contribution in [2.24, 2.45) is 0 Å². The maximum Gasteiger partial charge on any atom is 0.272 e. The first-order valence-electron chi connectivity index (χ1n) is 6.41. The van der Waals surface area contributed by atoms with Gasteiger partial charge in [-0.1, -0.05) is 29.8 Å². The van der Waals surface area contributed by atoms with Gasteiger partial charge in [0.05, 0.1) is 5.56 Å². The van der Waals surface area contributed by atoms with Crippen molar-refractivity contribution in [1.29, 1.82) is 0 Å². The van der Waals surface area contributed by atoms with Gasteiger partial charge in [-0.15, -0.1) is 0 Å². The number of halogens is 1. The lowest BCUT2D eigenvalue weighted by atomic mass is 10.1. The van der Waals surface area contributed by atoms with E-state index in [1.807, 2.05) is 0 Å². The van der Waals surface area contributed by atoms with Gasteiger partial charge in [-0.3, -0.25) is 24.8 Å². The number of amides is 2. The molecule has 0 aliphatic heterocycles. The Balaban J connectivity index is 2.12. The van der Waals surface area contributed by atoms with Gasteiger partial charge in [-0.05, 0) is 30.3 Å². The van der Waals surface area contributed by atoms with Crippen LogP contribution in [0, 0.1) is 0 Å². The zero-order chi connectivity index (χ0) is 16.1. The van der Waals surface area contributed by atoms with Crippen LogP contribution in [0.4, 0.5) is 0 Å². The van der Waals surface area contributed by atoms with Crippen LogP contribution in [0.1, 0.15) is 31.1 Å². The topological polar surface area (TPSA) is 66.5 Å². The molecule has 0 atom stereocenters. The molecule has 0 fully saturated rings. The van der Waals surface area contributed by atoms with Crippen molar-refractivity contribution in [2.75, 3.05) is 7.05 Å². The molecular weight excluding hydrogens is 304 g/mol. The van der Waals surface area contributed by atoms with Crippen LogP contribution in [-0.2, 0) is 0 Å². The van der Waals surface area contributed by atoms with Gasteiger partial charge >= 0.3 is 0 Å². The van der Waals surface area contributed by atoms with Gasteiger partial charge in [0, 0.05) is 23.2 Å². The van der Waals surface area contributed by atoms with Crippen molar-refractivity contribution in [2.45, 2.75) is 0 Å². The average Bonchev–Trinajstić information content (AvgIpc) is 2.54. The molecule has 0 aliphatic rings. The Morgan fingerprint density at radius 2 is 1.73 bits per heavy atom. The van der Waals surface area contributed by atoms with Crippen molar-refractivity contribution in [3.05, 3.63) is 70.2 Å². The molecule has 0 radical (unpaired) electrons. The van der Waals surface area contributed by atoms with Gasteiger partial charge in [-0.25, -0.2) is 0 Å².